The first-order valence-corrected chi connectivity index (χ1v) is 3.18. The van der Waals surface area contributed by atoms with E-state index in [2.05, 4.69) is 16.6 Å². The van der Waals surface area contributed by atoms with Gasteiger partial charge in [-0.15, -0.1) is 0 Å². The molecule has 0 radical (unpaired) electrons. The predicted molar refractivity (Wildman–Crippen MR) is 43.4 cm³/mol. The van der Waals surface area contributed by atoms with Gasteiger partial charge in [-0.05, 0) is 6.92 Å². The summed E-state index contributed by atoms with van der Waals surface area (Å²) in [6, 6.07) is 0. The maximum atomic E-state index is 5.40. The standard InChI is InChI=1S/C7H11N3/c1-5(8)3-7-6(2)9-4-10-7/h1,3-4,8H2,2H3. The van der Waals surface area contributed by atoms with Gasteiger partial charge in [0.2, 0.25) is 0 Å². The van der Waals surface area contributed by atoms with Gasteiger partial charge in [-0.2, -0.15) is 0 Å². The normalized spacial score (nSPS) is 16.5. The van der Waals surface area contributed by atoms with Crippen LogP contribution in [0.5, 0.6) is 0 Å². The van der Waals surface area contributed by atoms with Crippen molar-refractivity contribution in [2.45, 2.75) is 13.3 Å². The lowest BCUT2D eigenvalue weighted by Crippen LogP contribution is -2.10. The van der Waals surface area contributed by atoms with Crippen molar-refractivity contribution in [2.75, 3.05) is 6.67 Å². The lowest BCUT2D eigenvalue weighted by molar-refractivity contribution is 1.09. The lowest BCUT2D eigenvalue weighted by atomic mass is 10.1. The van der Waals surface area contributed by atoms with E-state index in [1.54, 1.807) is 0 Å². The van der Waals surface area contributed by atoms with Crippen molar-refractivity contribution in [3.63, 3.8) is 0 Å². The molecule has 3 heteroatoms. The van der Waals surface area contributed by atoms with Gasteiger partial charge in [0.25, 0.3) is 0 Å². The highest BCUT2D eigenvalue weighted by Crippen LogP contribution is 2.02. The van der Waals surface area contributed by atoms with E-state index in [9.17, 15) is 0 Å². The molecule has 0 fully saturated rings. The highest BCUT2D eigenvalue weighted by atomic mass is 15.0. The summed E-state index contributed by atoms with van der Waals surface area (Å²) in [4.78, 5) is 8.22. The Morgan fingerprint density at radius 3 is 2.80 bits per heavy atom. The Morgan fingerprint density at radius 1 is 1.70 bits per heavy atom. The first-order chi connectivity index (χ1) is 4.70. The van der Waals surface area contributed by atoms with Crippen molar-refractivity contribution in [1.82, 2.24) is 0 Å². The van der Waals surface area contributed by atoms with E-state index in [4.69, 9.17) is 5.73 Å². The maximum absolute atomic E-state index is 5.40. The minimum atomic E-state index is 0.564. The number of hydrogen-bond donors (Lipinski definition) is 1. The molecular formula is C7H11N3. The molecule has 0 aromatic rings. The highest BCUT2D eigenvalue weighted by Gasteiger charge is 2.07. The number of aliphatic imine (C=N–C) groups is 2. The van der Waals surface area contributed by atoms with Gasteiger partial charge < -0.3 is 5.73 Å². The Kier molecular flexibility index (Phi) is 1.85. The van der Waals surface area contributed by atoms with Crippen LogP contribution in [0.15, 0.2) is 22.3 Å². The molecule has 2 N–H and O–H groups in total. The lowest BCUT2D eigenvalue weighted by Gasteiger charge is -1.97. The first kappa shape index (κ1) is 6.99. The van der Waals surface area contributed by atoms with Gasteiger partial charge in [0, 0.05) is 12.1 Å². The van der Waals surface area contributed by atoms with E-state index in [0.717, 1.165) is 11.4 Å². The number of nitrogens with two attached hydrogens (primary N) is 1. The van der Waals surface area contributed by atoms with Gasteiger partial charge in [0.05, 0.1) is 11.4 Å². The minimum absolute atomic E-state index is 0.564. The number of rotatable bonds is 2. The summed E-state index contributed by atoms with van der Waals surface area (Å²) in [6.07, 6.45) is 0.662. The minimum Gasteiger partial charge on any atom is -0.402 e. The zero-order valence-electron chi connectivity index (χ0n) is 6.09. The second-order valence-electron chi connectivity index (χ2n) is 2.32. The third kappa shape index (κ3) is 1.43. The Hall–Kier alpha value is -1.12. The van der Waals surface area contributed by atoms with Crippen molar-refractivity contribution in [3.05, 3.63) is 12.3 Å². The van der Waals surface area contributed by atoms with Crippen LogP contribution in [0.25, 0.3) is 0 Å². The smallest absolute Gasteiger partial charge is 0.130 e. The predicted octanol–water partition coefficient (Wildman–Crippen LogP) is 0.722. The Balaban J connectivity index is 2.58. The van der Waals surface area contributed by atoms with Crippen LogP contribution in [0.3, 0.4) is 0 Å². The summed E-state index contributed by atoms with van der Waals surface area (Å²) >= 11 is 0. The van der Waals surface area contributed by atoms with Crippen molar-refractivity contribution in [1.29, 1.82) is 0 Å². The van der Waals surface area contributed by atoms with Crippen LogP contribution in [-0.2, 0) is 0 Å². The molecule has 1 heterocycles. The Morgan fingerprint density at radius 2 is 2.40 bits per heavy atom. The summed E-state index contributed by atoms with van der Waals surface area (Å²) < 4.78 is 0. The van der Waals surface area contributed by atoms with E-state index in [1.165, 1.54) is 0 Å². The second-order valence-corrected chi connectivity index (χ2v) is 2.32. The summed E-state index contributed by atoms with van der Waals surface area (Å²) in [6.45, 7) is 6.10. The molecule has 54 valence electrons. The van der Waals surface area contributed by atoms with Crippen LogP contribution in [0.1, 0.15) is 13.3 Å². The molecule has 0 aliphatic carbocycles. The molecule has 0 spiro atoms. The summed E-state index contributed by atoms with van der Waals surface area (Å²) in [5.41, 5.74) is 8.02. The highest BCUT2D eigenvalue weighted by molar-refractivity contribution is 6.42. The number of hydrogen-bond acceptors (Lipinski definition) is 3. The quantitative estimate of drug-likeness (QED) is 0.599. The molecule has 0 aromatic carbocycles. The van der Waals surface area contributed by atoms with Crippen LogP contribution in [0, 0.1) is 0 Å². The van der Waals surface area contributed by atoms with Crippen molar-refractivity contribution >= 4 is 11.4 Å². The Labute approximate surface area is 60.4 Å². The van der Waals surface area contributed by atoms with Gasteiger partial charge >= 0.3 is 0 Å². The molecule has 0 saturated carbocycles. The number of allylic oxidation sites excluding steroid dienone is 1. The van der Waals surface area contributed by atoms with Crippen molar-refractivity contribution < 1.29 is 0 Å². The molecule has 1 aliphatic rings. The average molecular weight is 137 g/mol. The van der Waals surface area contributed by atoms with Crippen molar-refractivity contribution in [2.24, 2.45) is 15.7 Å². The molecule has 3 nitrogen and oxygen atoms in total. The maximum Gasteiger partial charge on any atom is 0.130 e. The molecule has 1 aliphatic heterocycles. The van der Waals surface area contributed by atoms with E-state index >= 15 is 0 Å². The third-order valence-corrected chi connectivity index (χ3v) is 1.38. The van der Waals surface area contributed by atoms with E-state index < -0.39 is 0 Å². The zero-order chi connectivity index (χ0) is 7.56. The Bertz CT molecular complexity index is 213. The fourth-order valence-corrected chi connectivity index (χ4v) is 0.831. The fourth-order valence-electron chi connectivity index (χ4n) is 0.831. The van der Waals surface area contributed by atoms with Crippen LogP contribution in [-0.4, -0.2) is 18.1 Å². The van der Waals surface area contributed by atoms with E-state index in [0.29, 0.717) is 18.8 Å². The van der Waals surface area contributed by atoms with Crippen LogP contribution in [0.2, 0.25) is 0 Å². The first-order valence-electron chi connectivity index (χ1n) is 3.18. The summed E-state index contributed by atoms with van der Waals surface area (Å²) in [5.74, 6) is 0. The monoisotopic (exact) mass is 137 g/mol. The van der Waals surface area contributed by atoms with E-state index in [-0.39, 0.29) is 0 Å². The topological polar surface area (TPSA) is 50.7 Å². The van der Waals surface area contributed by atoms with Crippen LogP contribution >= 0.6 is 0 Å². The summed E-state index contributed by atoms with van der Waals surface area (Å²) in [5, 5.41) is 0. The van der Waals surface area contributed by atoms with Crippen LogP contribution < -0.4 is 5.73 Å². The summed E-state index contributed by atoms with van der Waals surface area (Å²) in [7, 11) is 0. The van der Waals surface area contributed by atoms with Gasteiger partial charge in [0.15, 0.2) is 0 Å². The fraction of sp³-hybridized carbons (Fsp3) is 0.429. The van der Waals surface area contributed by atoms with Crippen LogP contribution in [0.4, 0.5) is 0 Å². The molecule has 1 rings (SSSR count). The van der Waals surface area contributed by atoms with Gasteiger partial charge in [-0.25, -0.2) is 0 Å². The molecule has 0 aromatic heterocycles. The largest absolute Gasteiger partial charge is 0.402 e. The number of nitrogens with zero attached hydrogens (tertiary/aromatic N) is 2. The second kappa shape index (κ2) is 2.64. The molecule has 0 saturated heterocycles. The zero-order valence-corrected chi connectivity index (χ0v) is 6.09. The SMILES string of the molecule is C=C(N)CC1=NCN=C1C. The van der Waals surface area contributed by atoms with Gasteiger partial charge in [-0.1, -0.05) is 6.58 Å². The third-order valence-electron chi connectivity index (χ3n) is 1.38. The van der Waals surface area contributed by atoms with Crippen molar-refractivity contribution in [3.8, 4) is 0 Å². The molecule has 0 atom stereocenters. The van der Waals surface area contributed by atoms with Gasteiger partial charge in [-0.3, -0.25) is 9.98 Å². The molecule has 0 amide bonds. The van der Waals surface area contributed by atoms with E-state index in [1.807, 2.05) is 6.92 Å². The molecule has 0 bridgehead atoms. The molecule has 0 unspecified atom stereocenters. The van der Waals surface area contributed by atoms with Gasteiger partial charge in [0.1, 0.15) is 6.67 Å². The molecular weight excluding hydrogens is 126 g/mol. The average Bonchev–Trinajstić information content (AvgIpc) is 2.15. The molecule has 10 heavy (non-hydrogen) atoms.